The summed E-state index contributed by atoms with van der Waals surface area (Å²) in [6.45, 7) is 1.48. The summed E-state index contributed by atoms with van der Waals surface area (Å²) in [4.78, 5) is 18.2. The highest BCUT2D eigenvalue weighted by Crippen LogP contribution is 2.33. The standard InChI is InChI=1S/C15H15N3O2/c16-10-11-1-2-13-14(9-11)20-8-7-18(13)15(19)12-3-5-17-6-4-12/h1-6,9H,7-8,10,16H2. The molecule has 2 aromatic rings. The summed E-state index contributed by atoms with van der Waals surface area (Å²) in [6, 6.07) is 9.12. The SMILES string of the molecule is NCc1ccc2c(c1)OCCN2C(=O)c1ccncc1. The van der Waals surface area contributed by atoms with Gasteiger partial charge in [-0.15, -0.1) is 0 Å². The van der Waals surface area contributed by atoms with Crippen LogP contribution < -0.4 is 15.4 Å². The van der Waals surface area contributed by atoms with Gasteiger partial charge in [0, 0.05) is 24.5 Å². The molecule has 5 nitrogen and oxygen atoms in total. The third-order valence-electron chi connectivity index (χ3n) is 3.30. The van der Waals surface area contributed by atoms with Gasteiger partial charge in [0.25, 0.3) is 5.91 Å². The van der Waals surface area contributed by atoms with Crippen LogP contribution in [0.25, 0.3) is 0 Å². The maximum atomic E-state index is 12.5. The van der Waals surface area contributed by atoms with Crippen LogP contribution in [0, 0.1) is 0 Å². The van der Waals surface area contributed by atoms with Gasteiger partial charge < -0.3 is 15.4 Å². The second-order valence-corrected chi connectivity index (χ2v) is 4.55. The summed E-state index contributed by atoms with van der Waals surface area (Å²) in [5.41, 5.74) is 8.02. The highest BCUT2D eigenvalue weighted by atomic mass is 16.5. The molecule has 1 amide bonds. The first kappa shape index (κ1) is 12.6. The van der Waals surface area contributed by atoms with Crippen molar-refractivity contribution in [2.24, 2.45) is 5.73 Å². The van der Waals surface area contributed by atoms with Gasteiger partial charge in [-0.1, -0.05) is 6.07 Å². The molecule has 2 heterocycles. The Kier molecular flexibility index (Phi) is 3.35. The first-order valence-corrected chi connectivity index (χ1v) is 6.47. The number of carbonyl (C=O) groups excluding carboxylic acids is 1. The fourth-order valence-electron chi connectivity index (χ4n) is 2.25. The maximum Gasteiger partial charge on any atom is 0.258 e. The van der Waals surface area contributed by atoms with Crippen molar-refractivity contribution < 1.29 is 9.53 Å². The van der Waals surface area contributed by atoms with E-state index in [0.717, 1.165) is 11.3 Å². The molecule has 0 saturated heterocycles. The van der Waals surface area contributed by atoms with E-state index in [9.17, 15) is 4.79 Å². The van der Waals surface area contributed by atoms with Gasteiger partial charge in [-0.2, -0.15) is 0 Å². The van der Waals surface area contributed by atoms with E-state index in [-0.39, 0.29) is 5.91 Å². The summed E-state index contributed by atoms with van der Waals surface area (Å²) in [6.07, 6.45) is 3.23. The van der Waals surface area contributed by atoms with Gasteiger partial charge >= 0.3 is 0 Å². The molecule has 0 unspecified atom stereocenters. The lowest BCUT2D eigenvalue weighted by atomic mass is 10.1. The Morgan fingerprint density at radius 2 is 2.10 bits per heavy atom. The topological polar surface area (TPSA) is 68.5 Å². The number of benzene rings is 1. The summed E-state index contributed by atoms with van der Waals surface area (Å²) >= 11 is 0. The highest BCUT2D eigenvalue weighted by Gasteiger charge is 2.24. The first-order valence-electron chi connectivity index (χ1n) is 6.47. The quantitative estimate of drug-likeness (QED) is 0.898. The molecule has 0 atom stereocenters. The molecule has 20 heavy (non-hydrogen) atoms. The van der Waals surface area contributed by atoms with Crippen molar-refractivity contribution >= 4 is 11.6 Å². The molecular formula is C15H15N3O2. The molecule has 0 spiro atoms. The van der Waals surface area contributed by atoms with Crippen LogP contribution >= 0.6 is 0 Å². The molecule has 2 N–H and O–H groups in total. The second-order valence-electron chi connectivity index (χ2n) is 4.55. The number of aromatic nitrogens is 1. The molecule has 1 aliphatic rings. The average molecular weight is 269 g/mol. The molecule has 0 aliphatic carbocycles. The van der Waals surface area contributed by atoms with E-state index in [1.807, 2.05) is 18.2 Å². The predicted molar refractivity (Wildman–Crippen MR) is 75.7 cm³/mol. The minimum absolute atomic E-state index is 0.0440. The normalized spacial score (nSPS) is 13.6. The number of rotatable bonds is 2. The van der Waals surface area contributed by atoms with Crippen molar-refractivity contribution in [2.45, 2.75) is 6.54 Å². The average Bonchev–Trinajstić information content (AvgIpc) is 2.54. The number of anilines is 1. The van der Waals surface area contributed by atoms with Crippen LogP contribution in [0.5, 0.6) is 5.75 Å². The van der Waals surface area contributed by atoms with E-state index < -0.39 is 0 Å². The van der Waals surface area contributed by atoms with Crippen LogP contribution in [0.1, 0.15) is 15.9 Å². The Hall–Kier alpha value is -2.40. The molecule has 0 saturated carbocycles. The number of pyridine rings is 1. The summed E-state index contributed by atoms with van der Waals surface area (Å²) in [5.74, 6) is 0.666. The van der Waals surface area contributed by atoms with Crippen molar-refractivity contribution in [3.8, 4) is 5.75 Å². The molecule has 102 valence electrons. The number of carbonyl (C=O) groups is 1. The Morgan fingerprint density at radius 3 is 2.85 bits per heavy atom. The van der Waals surface area contributed by atoms with Crippen LogP contribution in [-0.2, 0) is 6.54 Å². The van der Waals surface area contributed by atoms with E-state index >= 15 is 0 Å². The van der Waals surface area contributed by atoms with Crippen LogP contribution in [0.3, 0.4) is 0 Å². The number of hydrogen-bond acceptors (Lipinski definition) is 4. The number of hydrogen-bond donors (Lipinski definition) is 1. The van der Waals surface area contributed by atoms with Gasteiger partial charge in [0.15, 0.2) is 0 Å². The van der Waals surface area contributed by atoms with Crippen molar-refractivity contribution in [3.63, 3.8) is 0 Å². The van der Waals surface area contributed by atoms with Crippen molar-refractivity contribution in [3.05, 3.63) is 53.9 Å². The molecule has 3 rings (SSSR count). The summed E-state index contributed by atoms with van der Waals surface area (Å²) in [5, 5.41) is 0. The number of amides is 1. The van der Waals surface area contributed by atoms with Gasteiger partial charge in [-0.05, 0) is 29.8 Å². The third kappa shape index (κ3) is 2.23. The number of nitrogens with zero attached hydrogens (tertiary/aromatic N) is 2. The van der Waals surface area contributed by atoms with Crippen LogP contribution in [0.15, 0.2) is 42.7 Å². The monoisotopic (exact) mass is 269 g/mol. The van der Waals surface area contributed by atoms with Gasteiger partial charge in [0.2, 0.25) is 0 Å². The van der Waals surface area contributed by atoms with E-state index in [0.29, 0.717) is 31.0 Å². The van der Waals surface area contributed by atoms with Crippen LogP contribution in [-0.4, -0.2) is 24.0 Å². The van der Waals surface area contributed by atoms with Gasteiger partial charge in [-0.3, -0.25) is 9.78 Å². The zero-order valence-corrected chi connectivity index (χ0v) is 11.0. The largest absolute Gasteiger partial charge is 0.490 e. The minimum Gasteiger partial charge on any atom is -0.490 e. The minimum atomic E-state index is -0.0440. The molecule has 0 fully saturated rings. The zero-order chi connectivity index (χ0) is 13.9. The highest BCUT2D eigenvalue weighted by molar-refractivity contribution is 6.07. The maximum absolute atomic E-state index is 12.5. The smallest absolute Gasteiger partial charge is 0.258 e. The van der Waals surface area contributed by atoms with Gasteiger partial charge in [-0.25, -0.2) is 0 Å². The molecule has 0 bridgehead atoms. The fourth-order valence-corrected chi connectivity index (χ4v) is 2.25. The molecule has 1 aromatic carbocycles. The Morgan fingerprint density at radius 1 is 1.30 bits per heavy atom. The fraction of sp³-hybridized carbons (Fsp3) is 0.200. The Labute approximate surface area is 117 Å². The van der Waals surface area contributed by atoms with Crippen molar-refractivity contribution in [2.75, 3.05) is 18.1 Å². The molecule has 5 heteroatoms. The summed E-state index contributed by atoms with van der Waals surface area (Å²) < 4.78 is 5.62. The van der Waals surface area contributed by atoms with Crippen LogP contribution in [0.2, 0.25) is 0 Å². The number of fused-ring (bicyclic) bond motifs is 1. The van der Waals surface area contributed by atoms with E-state index in [2.05, 4.69) is 4.98 Å². The van der Waals surface area contributed by atoms with E-state index in [4.69, 9.17) is 10.5 Å². The van der Waals surface area contributed by atoms with Crippen molar-refractivity contribution in [1.82, 2.24) is 4.98 Å². The second kappa shape index (κ2) is 5.30. The van der Waals surface area contributed by atoms with Gasteiger partial charge in [0.05, 0.1) is 12.2 Å². The van der Waals surface area contributed by atoms with E-state index in [1.54, 1.807) is 29.4 Å². The van der Waals surface area contributed by atoms with Crippen LogP contribution in [0.4, 0.5) is 5.69 Å². The lowest BCUT2D eigenvalue weighted by molar-refractivity contribution is 0.0976. The molecule has 1 aromatic heterocycles. The lowest BCUT2D eigenvalue weighted by Gasteiger charge is -2.30. The zero-order valence-electron chi connectivity index (χ0n) is 11.0. The number of nitrogens with two attached hydrogens (primary N) is 1. The number of ether oxygens (including phenoxy) is 1. The Bertz CT molecular complexity index is 628. The van der Waals surface area contributed by atoms with Crippen molar-refractivity contribution in [1.29, 1.82) is 0 Å². The Balaban J connectivity index is 1.96. The molecule has 1 aliphatic heterocycles. The predicted octanol–water partition coefficient (Wildman–Crippen LogP) is 1.58. The third-order valence-corrected chi connectivity index (χ3v) is 3.30. The first-order chi connectivity index (χ1) is 9.79. The van der Waals surface area contributed by atoms with E-state index in [1.165, 1.54) is 0 Å². The van der Waals surface area contributed by atoms with Gasteiger partial charge in [0.1, 0.15) is 12.4 Å². The molecule has 0 radical (unpaired) electrons. The summed E-state index contributed by atoms with van der Waals surface area (Å²) in [7, 11) is 0. The lowest BCUT2D eigenvalue weighted by Crippen LogP contribution is -2.38. The molecular weight excluding hydrogens is 254 g/mol.